The Hall–Kier alpha value is -1.49. The topological polar surface area (TPSA) is 55.1 Å². The van der Waals surface area contributed by atoms with E-state index in [0.717, 1.165) is 18.2 Å². The Morgan fingerprint density at radius 1 is 1.27 bits per heavy atom. The number of rotatable bonds is 2. The standard InChI is InChI=1S/C10H10F2N2O/c11-6-3-7(12)5-8(4-6)14-9(15)10(13)1-2-10/h3-5H,1-2,13H2,(H,14,15). The maximum Gasteiger partial charge on any atom is 0.244 e. The number of benzene rings is 1. The van der Waals surface area contributed by atoms with E-state index in [1.54, 1.807) is 0 Å². The van der Waals surface area contributed by atoms with Gasteiger partial charge in [-0.3, -0.25) is 4.79 Å². The lowest BCUT2D eigenvalue weighted by molar-refractivity contribution is -0.118. The number of nitrogens with two attached hydrogens (primary N) is 1. The zero-order valence-corrected chi connectivity index (χ0v) is 7.89. The number of hydrogen-bond donors (Lipinski definition) is 2. The zero-order chi connectivity index (χ0) is 11.1. The molecule has 1 amide bonds. The van der Waals surface area contributed by atoms with Gasteiger partial charge in [0.15, 0.2) is 0 Å². The predicted octanol–water partition coefficient (Wildman–Crippen LogP) is 1.39. The molecule has 1 aromatic rings. The molecule has 0 saturated heterocycles. The molecule has 0 atom stereocenters. The van der Waals surface area contributed by atoms with E-state index in [0.29, 0.717) is 12.8 Å². The molecule has 1 aliphatic rings. The summed E-state index contributed by atoms with van der Waals surface area (Å²) in [5, 5.41) is 2.38. The Kier molecular flexibility index (Phi) is 2.19. The Balaban J connectivity index is 2.13. The summed E-state index contributed by atoms with van der Waals surface area (Å²) in [6, 6.07) is 2.84. The van der Waals surface area contributed by atoms with E-state index in [4.69, 9.17) is 5.73 Å². The monoisotopic (exact) mass is 212 g/mol. The first-order valence-corrected chi connectivity index (χ1v) is 4.56. The highest BCUT2D eigenvalue weighted by molar-refractivity contribution is 6.00. The first kappa shape index (κ1) is 10.0. The molecule has 0 bridgehead atoms. The zero-order valence-electron chi connectivity index (χ0n) is 7.89. The molecule has 0 aromatic heterocycles. The van der Waals surface area contributed by atoms with Gasteiger partial charge in [-0.05, 0) is 25.0 Å². The molecule has 15 heavy (non-hydrogen) atoms. The summed E-state index contributed by atoms with van der Waals surface area (Å²) in [4.78, 5) is 11.4. The van der Waals surface area contributed by atoms with Crippen LogP contribution in [0.5, 0.6) is 0 Å². The van der Waals surface area contributed by atoms with Crippen LogP contribution in [0.4, 0.5) is 14.5 Å². The van der Waals surface area contributed by atoms with Gasteiger partial charge in [-0.25, -0.2) is 8.78 Å². The summed E-state index contributed by atoms with van der Waals surface area (Å²) < 4.78 is 25.5. The van der Waals surface area contributed by atoms with Gasteiger partial charge in [-0.15, -0.1) is 0 Å². The van der Waals surface area contributed by atoms with Crippen LogP contribution >= 0.6 is 0 Å². The van der Waals surface area contributed by atoms with Gasteiger partial charge in [0, 0.05) is 11.8 Å². The van der Waals surface area contributed by atoms with Crippen molar-refractivity contribution in [3.63, 3.8) is 0 Å². The van der Waals surface area contributed by atoms with Gasteiger partial charge in [0.05, 0.1) is 5.54 Å². The van der Waals surface area contributed by atoms with Crippen molar-refractivity contribution in [1.29, 1.82) is 0 Å². The first-order chi connectivity index (χ1) is 6.99. The fourth-order valence-corrected chi connectivity index (χ4v) is 1.24. The molecule has 0 radical (unpaired) electrons. The lowest BCUT2D eigenvalue weighted by Crippen LogP contribution is -2.37. The minimum atomic E-state index is -0.844. The summed E-state index contributed by atoms with van der Waals surface area (Å²) in [5.74, 6) is -1.85. The number of carbonyl (C=O) groups is 1. The molecule has 1 fully saturated rings. The Labute approximate surface area is 85.3 Å². The number of amides is 1. The minimum absolute atomic E-state index is 0.0919. The number of halogens is 2. The second kappa shape index (κ2) is 3.27. The highest BCUT2D eigenvalue weighted by atomic mass is 19.1. The molecule has 80 valence electrons. The van der Waals surface area contributed by atoms with Crippen LogP contribution in [0, 0.1) is 11.6 Å². The van der Waals surface area contributed by atoms with E-state index in [1.165, 1.54) is 0 Å². The lowest BCUT2D eigenvalue weighted by Gasteiger charge is -2.09. The fraction of sp³-hybridized carbons (Fsp3) is 0.300. The molecule has 5 heteroatoms. The first-order valence-electron chi connectivity index (χ1n) is 4.56. The molecule has 0 unspecified atom stereocenters. The molecular formula is C10H10F2N2O. The largest absolute Gasteiger partial charge is 0.324 e. The number of anilines is 1. The van der Waals surface area contributed by atoms with E-state index in [1.807, 2.05) is 0 Å². The molecular weight excluding hydrogens is 202 g/mol. The molecule has 0 aliphatic heterocycles. The Morgan fingerprint density at radius 3 is 2.27 bits per heavy atom. The maximum atomic E-state index is 12.8. The van der Waals surface area contributed by atoms with Gasteiger partial charge < -0.3 is 11.1 Å². The van der Waals surface area contributed by atoms with E-state index < -0.39 is 23.1 Å². The Bertz CT molecular complexity index is 396. The quantitative estimate of drug-likeness (QED) is 0.778. The summed E-state index contributed by atoms with van der Waals surface area (Å²) >= 11 is 0. The predicted molar refractivity (Wildman–Crippen MR) is 51.1 cm³/mol. The normalized spacial score (nSPS) is 17.3. The summed E-state index contributed by atoms with van der Waals surface area (Å²) in [5.41, 5.74) is 4.86. The minimum Gasteiger partial charge on any atom is -0.324 e. The number of carbonyl (C=O) groups excluding carboxylic acids is 1. The highest BCUT2D eigenvalue weighted by Gasteiger charge is 2.45. The van der Waals surface area contributed by atoms with Crippen molar-refractivity contribution >= 4 is 11.6 Å². The van der Waals surface area contributed by atoms with Crippen LogP contribution in [-0.4, -0.2) is 11.4 Å². The molecule has 0 heterocycles. The second-order valence-corrected chi connectivity index (χ2v) is 3.77. The van der Waals surface area contributed by atoms with Gasteiger partial charge in [0.25, 0.3) is 0 Å². The summed E-state index contributed by atoms with van der Waals surface area (Å²) in [7, 11) is 0. The lowest BCUT2D eigenvalue weighted by atomic mass is 10.2. The third-order valence-electron chi connectivity index (χ3n) is 2.36. The molecule has 0 spiro atoms. The van der Waals surface area contributed by atoms with Gasteiger partial charge in [-0.1, -0.05) is 0 Å². The molecule has 1 aliphatic carbocycles. The smallest absolute Gasteiger partial charge is 0.244 e. The molecule has 2 rings (SSSR count). The van der Waals surface area contributed by atoms with Crippen molar-refractivity contribution in [3.05, 3.63) is 29.8 Å². The SMILES string of the molecule is NC1(C(=O)Nc2cc(F)cc(F)c2)CC1. The molecule has 3 nitrogen and oxygen atoms in total. The number of hydrogen-bond acceptors (Lipinski definition) is 2. The van der Waals surface area contributed by atoms with Crippen LogP contribution in [0.3, 0.4) is 0 Å². The summed E-state index contributed by atoms with van der Waals surface area (Å²) in [6.45, 7) is 0. The third-order valence-corrected chi connectivity index (χ3v) is 2.36. The Morgan fingerprint density at radius 2 is 1.80 bits per heavy atom. The van der Waals surface area contributed by atoms with E-state index in [-0.39, 0.29) is 5.69 Å². The van der Waals surface area contributed by atoms with Crippen LogP contribution in [-0.2, 0) is 4.79 Å². The summed E-state index contributed by atoms with van der Waals surface area (Å²) in [6.07, 6.45) is 1.22. The van der Waals surface area contributed by atoms with E-state index in [2.05, 4.69) is 5.32 Å². The van der Waals surface area contributed by atoms with Crippen LogP contribution < -0.4 is 11.1 Å². The van der Waals surface area contributed by atoms with E-state index in [9.17, 15) is 13.6 Å². The maximum absolute atomic E-state index is 12.8. The van der Waals surface area contributed by atoms with Crippen LogP contribution in [0.1, 0.15) is 12.8 Å². The van der Waals surface area contributed by atoms with Crippen LogP contribution in [0.15, 0.2) is 18.2 Å². The molecule has 1 saturated carbocycles. The van der Waals surface area contributed by atoms with Gasteiger partial charge in [0.2, 0.25) is 5.91 Å². The average molecular weight is 212 g/mol. The van der Waals surface area contributed by atoms with Crippen molar-refractivity contribution in [1.82, 2.24) is 0 Å². The highest BCUT2D eigenvalue weighted by Crippen LogP contribution is 2.33. The molecule has 3 N–H and O–H groups in total. The third kappa shape index (κ3) is 2.12. The number of nitrogens with one attached hydrogen (secondary N) is 1. The van der Waals surface area contributed by atoms with Crippen molar-refractivity contribution in [2.75, 3.05) is 5.32 Å². The van der Waals surface area contributed by atoms with Crippen molar-refractivity contribution < 1.29 is 13.6 Å². The van der Waals surface area contributed by atoms with Gasteiger partial charge in [-0.2, -0.15) is 0 Å². The van der Waals surface area contributed by atoms with Crippen LogP contribution in [0.2, 0.25) is 0 Å². The van der Waals surface area contributed by atoms with Gasteiger partial charge in [0.1, 0.15) is 11.6 Å². The average Bonchev–Trinajstić information content (AvgIpc) is 2.83. The van der Waals surface area contributed by atoms with Crippen LogP contribution in [0.25, 0.3) is 0 Å². The van der Waals surface area contributed by atoms with Gasteiger partial charge >= 0.3 is 0 Å². The van der Waals surface area contributed by atoms with Crippen molar-refractivity contribution in [2.45, 2.75) is 18.4 Å². The van der Waals surface area contributed by atoms with E-state index >= 15 is 0 Å². The second-order valence-electron chi connectivity index (χ2n) is 3.77. The van der Waals surface area contributed by atoms with Crippen molar-refractivity contribution in [2.24, 2.45) is 5.73 Å². The van der Waals surface area contributed by atoms with Crippen molar-refractivity contribution in [3.8, 4) is 0 Å². The molecule has 1 aromatic carbocycles. The fourth-order valence-electron chi connectivity index (χ4n) is 1.24.